The Morgan fingerprint density at radius 1 is 0.941 bits per heavy atom. The molecule has 0 bridgehead atoms. The van der Waals surface area contributed by atoms with Crippen molar-refractivity contribution in [3.63, 3.8) is 0 Å². The van der Waals surface area contributed by atoms with Gasteiger partial charge in [0.2, 0.25) is 0 Å². The van der Waals surface area contributed by atoms with Crippen molar-refractivity contribution in [3.8, 4) is 0 Å². The molecule has 0 aliphatic heterocycles. The van der Waals surface area contributed by atoms with Gasteiger partial charge in [0.15, 0.2) is 0 Å². The highest BCUT2D eigenvalue weighted by molar-refractivity contribution is 9.12. The van der Waals surface area contributed by atoms with E-state index >= 15 is 0 Å². The topological polar surface area (TPSA) is 12.0 Å². The van der Waals surface area contributed by atoms with E-state index in [2.05, 4.69) is 81.2 Å². The molecule has 2 heterocycles. The Hall–Kier alpha value is 1.28. The van der Waals surface area contributed by atoms with Gasteiger partial charge in [-0.05, 0) is 94.0 Å². The zero-order valence-electron chi connectivity index (χ0n) is 8.56. The molecule has 2 aromatic heterocycles. The van der Waals surface area contributed by atoms with E-state index in [1.807, 2.05) is 7.05 Å². The number of hydrogen-bond donors (Lipinski definition) is 1. The summed E-state index contributed by atoms with van der Waals surface area (Å²) >= 11 is 17.6. The van der Waals surface area contributed by atoms with Crippen LogP contribution in [0.2, 0.25) is 0 Å². The summed E-state index contributed by atoms with van der Waals surface area (Å²) in [6.07, 6.45) is 0. The molecule has 0 fully saturated rings. The number of thiophene rings is 2. The second kappa shape index (κ2) is 6.15. The Morgan fingerprint density at radius 2 is 1.35 bits per heavy atom. The fourth-order valence-corrected chi connectivity index (χ4v) is 7.38. The van der Waals surface area contributed by atoms with Gasteiger partial charge in [-0.1, -0.05) is 0 Å². The quantitative estimate of drug-likeness (QED) is 0.506. The van der Waals surface area contributed by atoms with Crippen LogP contribution in [-0.4, -0.2) is 7.05 Å². The van der Waals surface area contributed by atoms with E-state index in [1.54, 1.807) is 22.7 Å². The first-order valence-electron chi connectivity index (χ1n) is 4.59. The van der Waals surface area contributed by atoms with Gasteiger partial charge in [0, 0.05) is 0 Å². The van der Waals surface area contributed by atoms with E-state index in [0.717, 1.165) is 15.1 Å². The summed E-state index contributed by atoms with van der Waals surface area (Å²) < 4.78 is 4.56. The zero-order valence-corrected chi connectivity index (χ0v) is 16.5. The molecule has 2 rings (SSSR count). The third-order valence-corrected chi connectivity index (χ3v) is 7.05. The molecule has 0 radical (unpaired) electrons. The number of nitrogens with one attached hydrogen (secondary N) is 1. The van der Waals surface area contributed by atoms with E-state index in [9.17, 15) is 0 Å². The normalized spacial score (nSPS) is 11.4. The molecule has 0 saturated carbocycles. The summed E-state index contributed by atoms with van der Waals surface area (Å²) in [5.41, 5.74) is 2.49. The molecule has 0 aliphatic rings. The Morgan fingerprint density at radius 3 is 1.59 bits per heavy atom. The maximum Gasteiger partial charge on any atom is 0.0761 e. The lowest BCUT2D eigenvalue weighted by molar-refractivity contribution is 0.692. The van der Waals surface area contributed by atoms with Gasteiger partial charge in [-0.25, -0.2) is 0 Å². The predicted molar refractivity (Wildman–Crippen MR) is 90.3 cm³/mol. The second-order valence-electron chi connectivity index (χ2n) is 3.28. The molecular weight excluding hydrogens is 518 g/mol. The molecule has 0 aliphatic carbocycles. The largest absolute Gasteiger partial charge is 0.309 e. The first kappa shape index (κ1) is 14.7. The average molecular weight is 525 g/mol. The third-order valence-electron chi connectivity index (χ3n) is 2.28. The highest BCUT2D eigenvalue weighted by atomic mass is 79.9. The van der Waals surface area contributed by atoms with Crippen LogP contribution in [0, 0.1) is 0 Å². The van der Waals surface area contributed by atoms with Crippen molar-refractivity contribution in [1.82, 2.24) is 5.32 Å². The van der Waals surface area contributed by atoms with Crippen molar-refractivity contribution < 1.29 is 0 Å². The van der Waals surface area contributed by atoms with Gasteiger partial charge in [0.05, 0.1) is 21.2 Å². The Labute approximate surface area is 142 Å². The van der Waals surface area contributed by atoms with Gasteiger partial charge in [0.1, 0.15) is 0 Å². The van der Waals surface area contributed by atoms with Gasteiger partial charge in [-0.2, -0.15) is 0 Å². The maximum absolute atomic E-state index is 3.61. The number of rotatable bonds is 3. The van der Waals surface area contributed by atoms with E-state index in [-0.39, 0.29) is 6.04 Å². The van der Waals surface area contributed by atoms with Crippen LogP contribution in [0.15, 0.2) is 27.3 Å². The van der Waals surface area contributed by atoms with Crippen LogP contribution < -0.4 is 5.32 Å². The molecular formula is C10H7Br4NS2. The Kier molecular flexibility index (Phi) is 5.32. The van der Waals surface area contributed by atoms with Crippen molar-refractivity contribution in [3.05, 3.63) is 38.4 Å². The molecule has 7 heteroatoms. The molecule has 0 saturated heterocycles. The molecule has 0 spiro atoms. The lowest BCUT2D eigenvalue weighted by atomic mass is 10.1. The van der Waals surface area contributed by atoms with Crippen LogP contribution in [-0.2, 0) is 0 Å². The van der Waals surface area contributed by atoms with Crippen LogP contribution in [0.4, 0.5) is 0 Å². The van der Waals surface area contributed by atoms with Crippen molar-refractivity contribution >= 4 is 86.4 Å². The van der Waals surface area contributed by atoms with Crippen molar-refractivity contribution in [2.45, 2.75) is 6.04 Å². The lowest BCUT2D eigenvalue weighted by Crippen LogP contribution is -2.17. The number of halogens is 4. The third kappa shape index (κ3) is 3.24. The Balaban J connectivity index is 2.47. The van der Waals surface area contributed by atoms with Crippen LogP contribution in [0.1, 0.15) is 17.2 Å². The van der Waals surface area contributed by atoms with Crippen LogP contribution in [0.5, 0.6) is 0 Å². The van der Waals surface area contributed by atoms with E-state index < -0.39 is 0 Å². The minimum atomic E-state index is 0.184. The van der Waals surface area contributed by atoms with Crippen LogP contribution in [0.3, 0.4) is 0 Å². The summed E-state index contributed by atoms with van der Waals surface area (Å²) in [5.74, 6) is 0. The van der Waals surface area contributed by atoms with Crippen molar-refractivity contribution in [2.24, 2.45) is 0 Å². The minimum absolute atomic E-state index is 0.184. The molecule has 1 nitrogen and oxygen atoms in total. The smallest absolute Gasteiger partial charge is 0.0761 e. The van der Waals surface area contributed by atoms with E-state index in [4.69, 9.17) is 0 Å². The second-order valence-corrected chi connectivity index (χ2v) is 10.8. The van der Waals surface area contributed by atoms with Gasteiger partial charge in [0.25, 0.3) is 0 Å². The summed E-state index contributed by atoms with van der Waals surface area (Å²) in [6, 6.07) is 4.48. The molecule has 2 aromatic rings. The molecule has 0 unspecified atom stereocenters. The average Bonchev–Trinajstić information content (AvgIpc) is 2.73. The molecule has 0 amide bonds. The standard InChI is InChI=1S/C10H7Br4NS2/c1-15-8(4-2-6(11)16-9(4)13)5-3-7(12)17-10(5)14/h2-3,8,15H,1H3. The van der Waals surface area contributed by atoms with Crippen LogP contribution >= 0.6 is 86.4 Å². The highest BCUT2D eigenvalue weighted by Gasteiger charge is 2.21. The summed E-state index contributed by atoms with van der Waals surface area (Å²) in [5, 5.41) is 3.35. The van der Waals surface area contributed by atoms with Crippen molar-refractivity contribution in [2.75, 3.05) is 7.05 Å². The molecule has 92 valence electrons. The van der Waals surface area contributed by atoms with Gasteiger partial charge < -0.3 is 5.32 Å². The fourth-order valence-electron chi connectivity index (χ4n) is 1.58. The fraction of sp³-hybridized carbons (Fsp3) is 0.200. The Bertz CT molecular complexity index is 488. The lowest BCUT2D eigenvalue weighted by Gasteiger charge is -2.15. The molecule has 1 N–H and O–H groups in total. The molecule has 17 heavy (non-hydrogen) atoms. The van der Waals surface area contributed by atoms with Gasteiger partial charge >= 0.3 is 0 Å². The van der Waals surface area contributed by atoms with E-state index in [0.29, 0.717) is 0 Å². The monoisotopic (exact) mass is 521 g/mol. The molecule has 0 aromatic carbocycles. The van der Waals surface area contributed by atoms with E-state index in [1.165, 1.54) is 11.1 Å². The number of hydrogen-bond acceptors (Lipinski definition) is 3. The molecule has 0 atom stereocenters. The predicted octanol–water partition coefficient (Wildman–Crippen LogP) is 6.17. The van der Waals surface area contributed by atoms with Crippen LogP contribution in [0.25, 0.3) is 0 Å². The summed E-state index contributed by atoms with van der Waals surface area (Å²) in [4.78, 5) is 0. The highest BCUT2D eigenvalue weighted by Crippen LogP contribution is 2.42. The maximum atomic E-state index is 3.61. The zero-order chi connectivity index (χ0) is 12.6. The SMILES string of the molecule is CNC(c1cc(Br)sc1Br)c1cc(Br)sc1Br. The summed E-state index contributed by atoms with van der Waals surface area (Å²) in [6.45, 7) is 0. The first-order valence-corrected chi connectivity index (χ1v) is 9.40. The summed E-state index contributed by atoms with van der Waals surface area (Å²) in [7, 11) is 1.97. The minimum Gasteiger partial charge on any atom is -0.309 e. The first-order chi connectivity index (χ1) is 8.02. The van der Waals surface area contributed by atoms with Crippen molar-refractivity contribution in [1.29, 1.82) is 0 Å². The van der Waals surface area contributed by atoms with Gasteiger partial charge in [-0.3, -0.25) is 0 Å². The van der Waals surface area contributed by atoms with Gasteiger partial charge in [-0.15, -0.1) is 22.7 Å².